The van der Waals surface area contributed by atoms with E-state index in [4.69, 9.17) is 17.0 Å². The Labute approximate surface area is 172 Å². The molecule has 5 rings (SSSR count). The van der Waals surface area contributed by atoms with E-state index >= 15 is 0 Å². The molecule has 1 N–H and O–H groups in total. The lowest BCUT2D eigenvalue weighted by atomic mass is 10.0. The average molecular weight is 399 g/mol. The summed E-state index contributed by atoms with van der Waals surface area (Å²) in [4.78, 5) is 12.1. The summed E-state index contributed by atoms with van der Waals surface area (Å²) in [5.41, 5.74) is 4.72. The van der Waals surface area contributed by atoms with E-state index in [9.17, 15) is 4.79 Å². The number of esters is 1. The predicted molar refractivity (Wildman–Crippen MR) is 113 cm³/mol. The summed E-state index contributed by atoms with van der Waals surface area (Å²) < 4.78 is 7.96. The highest BCUT2D eigenvalue weighted by Gasteiger charge is 2.31. The van der Waals surface area contributed by atoms with E-state index in [1.165, 1.54) is 0 Å². The number of cyclic esters (lactones) is 1. The second-order valence-corrected chi connectivity index (χ2v) is 7.27. The molecule has 1 unspecified atom stereocenters. The maximum Gasteiger partial charge on any atom is 0.339 e. The van der Waals surface area contributed by atoms with E-state index in [0.717, 1.165) is 28.1 Å². The zero-order valence-electron chi connectivity index (χ0n) is 15.4. The van der Waals surface area contributed by atoms with Crippen molar-refractivity contribution in [2.75, 3.05) is 0 Å². The van der Waals surface area contributed by atoms with Crippen LogP contribution in [-0.4, -0.2) is 20.7 Å². The van der Waals surface area contributed by atoms with Crippen LogP contribution in [0.2, 0.25) is 0 Å². The molecule has 142 valence electrons. The van der Waals surface area contributed by atoms with Crippen molar-refractivity contribution < 1.29 is 9.53 Å². The summed E-state index contributed by atoms with van der Waals surface area (Å²) in [6.07, 6.45) is -0.384. The van der Waals surface area contributed by atoms with Crippen LogP contribution in [0.3, 0.4) is 0 Å². The van der Waals surface area contributed by atoms with Gasteiger partial charge in [0.15, 0.2) is 10.6 Å². The molecule has 1 aromatic heterocycles. The first kappa shape index (κ1) is 17.6. The highest BCUT2D eigenvalue weighted by molar-refractivity contribution is 7.71. The summed E-state index contributed by atoms with van der Waals surface area (Å²) >= 11 is 5.44. The number of benzene rings is 3. The monoisotopic (exact) mass is 399 g/mol. The molecule has 0 bridgehead atoms. The molecule has 3 aromatic carbocycles. The molecule has 0 spiro atoms. The summed E-state index contributed by atoms with van der Waals surface area (Å²) in [6, 6.07) is 25.9. The lowest BCUT2D eigenvalue weighted by Crippen LogP contribution is -2.10. The maximum absolute atomic E-state index is 12.1. The molecule has 0 saturated carbocycles. The predicted octanol–water partition coefficient (Wildman–Crippen LogP) is 5.19. The van der Waals surface area contributed by atoms with Crippen LogP contribution in [0.25, 0.3) is 22.5 Å². The molecule has 0 aliphatic carbocycles. The molecule has 0 amide bonds. The van der Waals surface area contributed by atoms with Crippen molar-refractivity contribution in [2.24, 2.45) is 0 Å². The van der Waals surface area contributed by atoms with E-state index in [-0.39, 0.29) is 12.1 Å². The number of hydrogen-bond donors (Lipinski definition) is 1. The van der Waals surface area contributed by atoms with E-state index in [1.807, 2.05) is 53.1 Å². The average Bonchev–Trinajstić information content (AvgIpc) is 3.29. The van der Waals surface area contributed by atoms with Crippen molar-refractivity contribution in [3.8, 4) is 22.5 Å². The van der Waals surface area contributed by atoms with Gasteiger partial charge in [0.2, 0.25) is 0 Å². The summed E-state index contributed by atoms with van der Waals surface area (Å²) in [6.45, 7) is 0.411. The molecule has 6 heteroatoms. The standard InChI is InChI=1S/C23H17N3O2S/c27-22-19-9-5-4-8-18(19)20(28-22)14-26-21(24-25-23(26)29)17-12-10-16(11-13-17)15-6-2-1-3-7-15/h1-13,20H,14H2,(H,25,29). The third-order valence-corrected chi connectivity index (χ3v) is 5.45. The minimum atomic E-state index is -0.384. The minimum absolute atomic E-state index is 0.297. The van der Waals surface area contributed by atoms with E-state index in [2.05, 4.69) is 34.5 Å². The Hall–Kier alpha value is -3.51. The van der Waals surface area contributed by atoms with Crippen LogP contribution >= 0.6 is 12.2 Å². The van der Waals surface area contributed by atoms with Gasteiger partial charge in [-0.1, -0.05) is 72.8 Å². The van der Waals surface area contributed by atoms with E-state index < -0.39 is 0 Å². The Morgan fingerprint density at radius 1 is 0.897 bits per heavy atom. The highest BCUT2D eigenvalue weighted by atomic mass is 32.1. The van der Waals surface area contributed by atoms with Gasteiger partial charge in [-0.2, -0.15) is 5.10 Å². The van der Waals surface area contributed by atoms with Crippen molar-refractivity contribution in [3.63, 3.8) is 0 Å². The van der Waals surface area contributed by atoms with Gasteiger partial charge in [-0.3, -0.25) is 9.67 Å². The maximum atomic E-state index is 12.1. The first-order valence-electron chi connectivity index (χ1n) is 9.32. The van der Waals surface area contributed by atoms with Gasteiger partial charge in [-0.05, 0) is 29.4 Å². The SMILES string of the molecule is O=C1OC(Cn2c(-c3ccc(-c4ccccc4)cc3)n[nH]c2=S)c2ccccc21. The van der Waals surface area contributed by atoms with Crippen LogP contribution < -0.4 is 0 Å². The fourth-order valence-electron chi connectivity index (χ4n) is 3.67. The second kappa shape index (κ2) is 7.14. The number of fused-ring (bicyclic) bond motifs is 1. The zero-order valence-corrected chi connectivity index (χ0v) is 16.2. The minimum Gasteiger partial charge on any atom is -0.452 e. The lowest BCUT2D eigenvalue weighted by Gasteiger charge is -2.13. The molecule has 29 heavy (non-hydrogen) atoms. The Morgan fingerprint density at radius 3 is 2.34 bits per heavy atom. The molecule has 1 aliphatic rings. The number of hydrogen-bond acceptors (Lipinski definition) is 4. The number of aromatic nitrogens is 3. The molecule has 0 fully saturated rings. The van der Waals surface area contributed by atoms with Crippen molar-refractivity contribution in [1.29, 1.82) is 0 Å². The largest absolute Gasteiger partial charge is 0.452 e. The number of rotatable bonds is 4. The number of carbonyl (C=O) groups is 1. The van der Waals surface area contributed by atoms with Crippen LogP contribution in [0.1, 0.15) is 22.0 Å². The fourth-order valence-corrected chi connectivity index (χ4v) is 3.88. The number of ether oxygens (including phenoxy) is 1. The van der Waals surface area contributed by atoms with Crippen LogP contribution in [0.15, 0.2) is 78.9 Å². The van der Waals surface area contributed by atoms with Crippen molar-refractivity contribution in [1.82, 2.24) is 14.8 Å². The normalized spacial score (nSPS) is 15.2. The topological polar surface area (TPSA) is 59.9 Å². The Morgan fingerprint density at radius 2 is 1.55 bits per heavy atom. The van der Waals surface area contributed by atoms with E-state index in [0.29, 0.717) is 16.9 Å². The lowest BCUT2D eigenvalue weighted by molar-refractivity contribution is 0.0350. The van der Waals surface area contributed by atoms with Gasteiger partial charge in [0, 0.05) is 11.1 Å². The number of aromatic amines is 1. The van der Waals surface area contributed by atoms with E-state index in [1.54, 1.807) is 6.07 Å². The Balaban J connectivity index is 1.47. The van der Waals surface area contributed by atoms with Crippen LogP contribution in [-0.2, 0) is 11.3 Å². The van der Waals surface area contributed by atoms with Gasteiger partial charge in [-0.15, -0.1) is 0 Å². The molecular weight excluding hydrogens is 382 g/mol. The van der Waals surface area contributed by atoms with Gasteiger partial charge < -0.3 is 4.74 Å². The summed E-state index contributed by atoms with van der Waals surface area (Å²) in [7, 11) is 0. The summed E-state index contributed by atoms with van der Waals surface area (Å²) in [5.74, 6) is 0.421. The number of carbonyl (C=O) groups excluding carboxylic acids is 1. The molecule has 2 heterocycles. The van der Waals surface area contributed by atoms with Crippen molar-refractivity contribution >= 4 is 18.2 Å². The van der Waals surface area contributed by atoms with Gasteiger partial charge in [0.25, 0.3) is 0 Å². The fraction of sp³-hybridized carbons (Fsp3) is 0.0870. The Kier molecular flexibility index (Phi) is 4.33. The van der Waals surface area contributed by atoms with Gasteiger partial charge in [-0.25, -0.2) is 4.79 Å². The number of H-pyrrole nitrogens is 1. The van der Waals surface area contributed by atoms with Gasteiger partial charge in [0.05, 0.1) is 12.1 Å². The molecule has 0 radical (unpaired) electrons. The molecule has 4 aromatic rings. The first-order valence-corrected chi connectivity index (χ1v) is 9.72. The smallest absolute Gasteiger partial charge is 0.339 e. The molecular formula is C23H17N3O2S. The molecule has 5 nitrogen and oxygen atoms in total. The zero-order chi connectivity index (χ0) is 19.8. The quantitative estimate of drug-likeness (QED) is 0.379. The van der Waals surface area contributed by atoms with Crippen LogP contribution in [0.5, 0.6) is 0 Å². The van der Waals surface area contributed by atoms with Gasteiger partial charge in [0.1, 0.15) is 6.10 Å². The molecule has 1 atom stereocenters. The summed E-state index contributed by atoms with van der Waals surface area (Å²) in [5, 5.41) is 7.28. The Bertz CT molecular complexity index is 1240. The van der Waals surface area contributed by atoms with Crippen LogP contribution in [0.4, 0.5) is 0 Å². The first-order chi connectivity index (χ1) is 14.2. The number of nitrogens with zero attached hydrogens (tertiary/aromatic N) is 2. The molecule has 0 saturated heterocycles. The second-order valence-electron chi connectivity index (χ2n) is 6.89. The van der Waals surface area contributed by atoms with Crippen molar-refractivity contribution in [2.45, 2.75) is 12.6 Å². The number of nitrogens with one attached hydrogen (secondary N) is 1. The highest BCUT2D eigenvalue weighted by Crippen LogP contribution is 2.33. The van der Waals surface area contributed by atoms with Gasteiger partial charge >= 0.3 is 5.97 Å². The van der Waals surface area contributed by atoms with Crippen molar-refractivity contribution in [3.05, 3.63) is 94.8 Å². The third kappa shape index (κ3) is 3.17. The van der Waals surface area contributed by atoms with Crippen LogP contribution in [0, 0.1) is 4.77 Å². The molecule has 1 aliphatic heterocycles. The third-order valence-electron chi connectivity index (χ3n) is 5.13.